The number of hydrogen-bond donors (Lipinski definition) is 0. The summed E-state index contributed by atoms with van der Waals surface area (Å²) in [6.45, 7) is 1.96. The molecule has 4 aliphatic rings. The Balaban J connectivity index is 1.41. The van der Waals surface area contributed by atoms with E-state index in [0.29, 0.717) is 10.3 Å². The molecule has 2 aromatic carbocycles. The van der Waals surface area contributed by atoms with Crippen LogP contribution in [-0.2, 0) is 15.4 Å². The first-order chi connectivity index (χ1) is 13.4. The van der Waals surface area contributed by atoms with Crippen molar-refractivity contribution in [3.05, 3.63) is 59.7 Å². The van der Waals surface area contributed by atoms with Crippen LogP contribution in [0.15, 0.2) is 53.4 Å². The number of aryl methyl sites for hydroxylation is 1. The maximum Gasteiger partial charge on any atom is 0.264 e. The molecule has 0 saturated heterocycles. The Labute approximate surface area is 168 Å². The van der Waals surface area contributed by atoms with Crippen molar-refractivity contribution in [2.75, 3.05) is 11.4 Å². The Morgan fingerprint density at radius 1 is 0.821 bits per heavy atom. The standard InChI is InChI=1S/C24H29NO2S/c1-17-3-9-23(10-4-17)28(26,27)25(2)22-7-5-21(6-8-22)24-14-18-11-19(15-24)13-20(12-18)16-24/h3-10,18-20H,11-16H2,1-2H3. The first kappa shape index (κ1) is 18.2. The van der Waals surface area contributed by atoms with Crippen molar-refractivity contribution < 1.29 is 8.42 Å². The van der Waals surface area contributed by atoms with E-state index in [1.54, 1.807) is 19.2 Å². The van der Waals surface area contributed by atoms with Gasteiger partial charge in [0.25, 0.3) is 10.0 Å². The Hall–Kier alpha value is -1.81. The zero-order chi connectivity index (χ0) is 19.5. The average Bonchev–Trinajstić information content (AvgIpc) is 2.67. The molecule has 6 rings (SSSR count). The van der Waals surface area contributed by atoms with Gasteiger partial charge in [-0.05, 0) is 98.4 Å². The summed E-state index contributed by atoms with van der Waals surface area (Å²) in [7, 11) is -1.89. The molecule has 4 heteroatoms. The van der Waals surface area contributed by atoms with Crippen molar-refractivity contribution in [1.82, 2.24) is 0 Å². The summed E-state index contributed by atoms with van der Waals surface area (Å²) >= 11 is 0. The highest BCUT2D eigenvalue weighted by atomic mass is 32.2. The third kappa shape index (κ3) is 2.88. The van der Waals surface area contributed by atoms with Gasteiger partial charge in [-0.15, -0.1) is 0 Å². The summed E-state index contributed by atoms with van der Waals surface area (Å²) in [4.78, 5) is 0.339. The molecular weight excluding hydrogens is 366 g/mol. The lowest BCUT2D eigenvalue weighted by Crippen LogP contribution is -2.48. The fraction of sp³-hybridized carbons (Fsp3) is 0.500. The number of benzene rings is 2. The summed E-state index contributed by atoms with van der Waals surface area (Å²) < 4.78 is 27.4. The largest absolute Gasteiger partial charge is 0.269 e. The molecule has 0 aromatic heterocycles. The molecule has 2 aromatic rings. The van der Waals surface area contributed by atoms with Crippen LogP contribution in [-0.4, -0.2) is 15.5 Å². The monoisotopic (exact) mass is 395 g/mol. The van der Waals surface area contributed by atoms with Gasteiger partial charge in [0.15, 0.2) is 0 Å². The highest BCUT2D eigenvalue weighted by molar-refractivity contribution is 7.92. The van der Waals surface area contributed by atoms with E-state index < -0.39 is 10.0 Å². The Morgan fingerprint density at radius 2 is 1.32 bits per heavy atom. The second kappa shape index (κ2) is 6.35. The molecule has 4 saturated carbocycles. The summed E-state index contributed by atoms with van der Waals surface area (Å²) in [5.74, 6) is 2.74. The molecule has 28 heavy (non-hydrogen) atoms. The van der Waals surface area contributed by atoms with E-state index in [9.17, 15) is 8.42 Å². The number of nitrogens with zero attached hydrogens (tertiary/aromatic N) is 1. The Bertz CT molecular complexity index is 941. The molecule has 0 radical (unpaired) electrons. The van der Waals surface area contributed by atoms with Crippen LogP contribution in [0.1, 0.15) is 49.7 Å². The van der Waals surface area contributed by atoms with Crippen LogP contribution in [0, 0.1) is 24.7 Å². The van der Waals surface area contributed by atoms with Gasteiger partial charge >= 0.3 is 0 Å². The van der Waals surface area contributed by atoms with Crippen molar-refractivity contribution >= 4 is 15.7 Å². The fourth-order valence-electron chi connectivity index (χ4n) is 6.50. The number of anilines is 1. The molecule has 4 fully saturated rings. The Morgan fingerprint density at radius 3 is 1.82 bits per heavy atom. The molecule has 148 valence electrons. The minimum atomic E-state index is -3.53. The molecule has 4 bridgehead atoms. The highest BCUT2D eigenvalue weighted by Crippen LogP contribution is 2.60. The van der Waals surface area contributed by atoms with Gasteiger partial charge in [-0.25, -0.2) is 8.42 Å². The molecule has 3 nitrogen and oxygen atoms in total. The molecule has 0 heterocycles. The number of hydrogen-bond acceptors (Lipinski definition) is 2. The lowest BCUT2D eigenvalue weighted by atomic mass is 9.48. The minimum absolute atomic E-state index is 0.339. The molecule has 0 aliphatic heterocycles. The van der Waals surface area contributed by atoms with Crippen molar-refractivity contribution in [1.29, 1.82) is 0 Å². The van der Waals surface area contributed by atoms with Crippen molar-refractivity contribution in [3.63, 3.8) is 0 Å². The highest BCUT2D eigenvalue weighted by Gasteiger charge is 2.51. The smallest absolute Gasteiger partial charge is 0.264 e. The first-order valence-corrected chi connectivity index (χ1v) is 12.0. The van der Waals surface area contributed by atoms with Crippen LogP contribution in [0.2, 0.25) is 0 Å². The van der Waals surface area contributed by atoms with Crippen LogP contribution in [0.5, 0.6) is 0 Å². The average molecular weight is 396 g/mol. The van der Waals surface area contributed by atoms with Crippen LogP contribution in [0.25, 0.3) is 0 Å². The molecule has 0 amide bonds. The summed E-state index contributed by atoms with van der Waals surface area (Å²) in [5.41, 5.74) is 3.56. The van der Waals surface area contributed by atoms with Gasteiger partial charge in [-0.1, -0.05) is 29.8 Å². The summed E-state index contributed by atoms with van der Waals surface area (Å²) in [5, 5.41) is 0. The lowest BCUT2D eigenvalue weighted by Gasteiger charge is -2.57. The third-order valence-electron chi connectivity index (χ3n) is 7.56. The summed E-state index contributed by atoms with van der Waals surface area (Å²) in [6.07, 6.45) is 8.31. The minimum Gasteiger partial charge on any atom is -0.269 e. The summed E-state index contributed by atoms with van der Waals surface area (Å²) in [6, 6.07) is 15.5. The van der Waals surface area contributed by atoms with E-state index in [1.807, 2.05) is 31.2 Å². The lowest BCUT2D eigenvalue weighted by molar-refractivity contribution is -0.00518. The maximum absolute atomic E-state index is 13.0. The van der Waals surface area contributed by atoms with Gasteiger partial charge in [0.2, 0.25) is 0 Å². The zero-order valence-corrected chi connectivity index (χ0v) is 17.6. The van der Waals surface area contributed by atoms with Gasteiger partial charge < -0.3 is 0 Å². The van der Waals surface area contributed by atoms with Gasteiger partial charge in [0.05, 0.1) is 10.6 Å². The third-order valence-corrected chi connectivity index (χ3v) is 9.36. The number of rotatable bonds is 4. The van der Waals surface area contributed by atoms with Crippen molar-refractivity contribution in [3.8, 4) is 0 Å². The predicted octanol–water partition coefficient (Wildman–Crippen LogP) is 5.29. The van der Waals surface area contributed by atoms with Crippen LogP contribution in [0.4, 0.5) is 5.69 Å². The van der Waals surface area contributed by atoms with E-state index >= 15 is 0 Å². The van der Waals surface area contributed by atoms with Gasteiger partial charge in [-0.2, -0.15) is 0 Å². The fourth-order valence-corrected chi connectivity index (χ4v) is 7.69. The normalized spacial score (nSPS) is 31.1. The van der Waals surface area contributed by atoms with Crippen molar-refractivity contribution in [2.24, 2.45) is 17.8 Å². The first-order valence-electron chi connectivity index (χ1n) is 10.5. The molecule has 4 aliphatic carbocycles. The Kier molecular flexibility index (Phi) is 4.13. The van der Waals surface area contributed by atoms with E-state index in [4.69, 9.17) is 0 Å². The second-order valence-electron chi connectivity index (χ2n) is 9.53. The van der Waals surface area contributed by atoms with Crippen molar-refractivity contribution in [2.45, 2.75) is 55.8 Å². The molecule has 0 atom stereocenters. The maximum atomic E-state index is 13.0. The molecule has 0 spiro atoms. The quantitative estimate of drug-likeness (QED) is 0.705. The zero-order valence-electron chi connectivity index (χ0n) is 16.8. The van der Waals surface area contributed by atoms with Gasteiger partial charge in [-0.3, -0.25) is 4.31 Å². The van der Waals surface area contributed by atoms with Gasteiger partial charge in [0.1, 0.15) is 0 Å². The topological polar surface area (TPSA) is 37.4 Å². The molecule has 0 N–H and O–H groups in total. The van der Waals surface area contributed by atoms with Gasteiger partial charge in [0, 0.05) is 7.05 Å². The predicted molar refractivity (Wildman–Crippen MR) is 113 cm³/mol. The van der Waals surface area contributed by atoms with E-state index in [2.05, 4.69) is 12.1 Å². The number of sulfonamides is 1. The molecule has 0 unspecified atom stereocenters. The van der Waals surface area contributed by atoms with Crippen LogP contribution in [0.3, 0.4) is 0 Å². The van der Waals surface area contributed by atoms with Crippen LogP contribution < -0.4 is 4.31 Å². The van der Waals surface area contributed by atoms with E-state index in [0.717, 1.165) is 29.0 Å². The second-order valence-corrected chi connectivity index (χ2v) is 11.5. The van der Waals surface area contributed by atoms with Crippen LogP contribution >= 0.6 is 0 Å². The SMILES string of the molecule is Cc1ccc(S(=O)(=O)N(C)c2ccc(C34CC5CC(CC(C5)C3)C4)cc2)cc1. The van der Waals surface area contributed by atoms with E-state index in [-0.39, 0.29) is 0 Å². The molecular formula is C24H29NO2S. The van der Waals surface area contributed by atoms with E-state index in [1.165, 1.54) is 48.4 Å².